The van der Waals surface area contributed by atoms with Gasteiger partial charge < -0.3 is 10.0 Å². The van der Waals surface area contributed by atoms with Gasteiger partial charge in [0.05, 0.1) is 22.4 Å². The first-order valence-electron chi connectivity index (χ1n) is 11.6. The van der Waals surface area contributed by atoms with Crippen molar-refractivity contribution in [3.8, 4) is 0 Å². The number of halogens is 1. The molecule has 1 saturated heterocycles. The van der Waals surface area contributed by atoms with Crippen LogP contribution >= 0.6 is 15.9 Å². The highest BCUT2D eigenvalue weighted by Gasteiger charge is 2.53. The number of carboxylic acids is 1. The van der Waals surface area contributed by atoms with E-state index in [9.17, 15) is 23.1 Å². The molecule has 2 heterocycles. The molecular formula is C27H25BrN2O5S. The molecule has 0 radical (unpaired) electrons. The number of sulfonamides is 1. The summed E-state index contributed by atoms with van der Waals surface area (Å²) in [6.45, 7) is 2.58. The minimum absolute atomic E-state index is 0.0501. The van der Waals surface area contributed by atoms with Crippen LogP contribution in [0.15, 0.2) is 76.1 Å². The Hall–Kier alpha value is -3.01. The maximum Gasteiger partial charge on any atom is 0.335 e. The van der Waals surface area contributed by atoms with Crippen LogP contribution in [0.4, 0.5) is 5.69 Å². The highest BCUT2D eigenvalue weighted by Crippen LogP contribution is 2.49. The topological polar surface area (TPSA) is 95.0 Å². The van der Waals surface area contributed by atoms with Crippen LogP contribution in [0.25, 0.3) is 0 Å². The van der Waals surface area contributed by atoms with E-state index in [2.05, 4.69) is 15.9 Å². The Labute approximate surface area is 218 Å². The summed E-state index contributed by atoms with van der Waals surface area (Å²) in [5.74, 6) is -1.05. The van der Waals surface area contributed by atoms with Gasteiger partial charge in [0.2, 0.25) is 15.9 Å². The van der Waals surface area contributed by atoms with Crippen LogP contribution in [0.1, 0.15) is 39.9 Å². The third-order valence-corrected chi connectivity index (χ3v) is 9.80. The lowest BCUT2D eigenvalue weighted by atomic mass is 9.74. The van der Waals surface area contributed by atoms with Crippen molar-refractivity contribution in [1.29, 1.82) is 0 Å². The first-order valence-corrected chi connectivity index (χ1v) is 13.9. The van der Waals surface area contributed by atoms with E-state index in [0.29, 0.717) is 29.8 Å². The number of nitrogens with zero attached hydrogens (tertiary/aromatic N) is 2. The lowest BCUT2D eigenvalue weighted by molar-refractivity contribution is -0.124. The summed E-state index contributed by atoms with van der Waals surface area (Å²) in [6, 6.07) is 19.2. The number of hydrogen-bond donors (Lipinski definition) is 1. The highest BCUT2D eigenvalue weighted by molar-refractivity contribution is 9.10. The van der Waals surface area contributed by atoms with E-state index in [1.54, 1.807) is 42.2 Å². The number of fused-ring (bicyclic) bond motifs is 2. The Morgan fingerprint density at radius 2 is 1.69 bits per heavy atom. The molecule has 0 aromatic heterocycles. The Kier molecular flexibility index (Phi) is 6.26. The van der Waals surface area contributed by atoms with E-state index in [0.717, 1.165) is 21.3 Å². The smallest absolute Gasteiger partial charge is 0.335 e. The predicted octanol–water partition coefficient (Wildman–Crippen LogP) is 4.73. The van der Waals surface area contributed by atoms with Crippen molar-refractivity contribution in [2.45, 2.75) is 36.6 Å². The molecule has 186 valence electrons. The Morgan fingerprint density at radius 3 is 2.33 bits per heavy atom. The Balaban J connectivity index is 1.44. The van der Waals surface area contributed by atoms with Crippen molar-refractivity contribution in [1.82, 2.24) is 4.31 Å². The molecule has 1 N–H and O–H groups in total. The second-order valence-electron chi connectivity index (χ2n) is 9.31. The molecule has 2 aliphatic rings. The lowest BCUT2D eigenvalue weighted by Crippen LogP contribution is -2.50. The van der Waals surface area contributed by atoms with Crippen LogP contribution in [0.2, 0.25) is 0 Å². The van der Waals surface area contributed by atoms with Crippen molar-refractivity contribution in [3.63, 3.8) is 0 Å². The fourth-order valence-electron chi connectivity index (χ4n) is 5.28. The van der Waals surface area contributed by atoms with Crippen molar-refractivity contribution in [2.24, 2.45) is 0 Å². The lowest BCUT2D eigenvalue weighted by Gasteiger charge is -2.38. The number of carbonyl (C=O) groups excluding carboxylic acids is 1. The number of aromatic carboxylic acids is 1. The Bertz CT molecular complexity index is 1460. The fourth-order valence-corrected chi connectivity index (χ4v) is 7.31. The molecule has 5 rings (SSSR count). The fraction of sp³-hybridized carbons (Fsp3) is 0.259. The summed E-state index contributed by atoms with van der Waals surface area (Å²) >= 11 is 3.53. The van der Waals surface area contributed by atoms with Gasteiger partial charge in [0.1, 0.15) is 0 Å². The number of carboxylic acid groups (broad SMARTS) is 1. The standard InChI is InChI=1S/C27H25BrN2O5S/c1-18-4-2-3-5-24(18)36(34,35)29-14-12-27(13-15-29)22-16-21(28)10-11-23(22)30(26(27)33)17-19-6-8-20(9-7-19)25(31)32/h2-11,16H,12-15,17H2,1H3,(H,31,32). The molecule has 3 aromatic carbocycles. The quantitative estimate of drug-likeness (QED) is 0.480. The first kappa shape index (κ1) is 24.7. The van der Waals surface area contributed by atoms with Gasteiger partial charge in [-0.3, -0.25) is 4.79 Å². The van der Waals surface area contributed by atoms with E-state index in [1.165, 1.54) is 16.4 Å². The number of rotatable bonds is 5. The molecule has 0 bridgehead atoms. The molecule has 0 aliphatic carbocycles. The van der Waals surface area contributed by atoms with E-state index >= 15 is 0 Å². The third-order valence-electron chi connectivity index (χ3n) is 7.25. The largest absolute Gasteiger partial charge is 0.478 e. The molecule has 2 aliphatic heterocycles. The zero-order valence-electron chi connectivity index (χ0n) is 19.6. The molecule has 1 spiro atoms. The SMILES string of the molecule is Cc1ccccc1S(=O)(=O)N1CCC2(CC1)C(=O)N(Cc1ccc(C(=O)O)cc1)c1ccc(Br)cc12. The second-order valence-corrected chi connectivity index (χ2v) is 12.1. The minimum atomic E-state index is -3.66. The van der Waals surface area contributed by atoms with Gasteiger partial charge >= 0.3 is 5.97 Å². The van der Waals surface area contributed by atoms with Gasteiger partial charge in [-0.1, -0.05) is 46.3 Å². The van der Waals surface area contributed by atoms with Crippen molar-refractivity contribution in [3.05, 3.63) is 93.5 Å². The van der Waals surface area contributed by atoms with Gasteiger partial charge in [-0.05, 0) is 72.9 Å². The molecule has 1 fully saturated rings. The number of piperidine rings is 1. The molecular weight excluding hydrogens is 544 g/mol. The maximum absolute atomic E-state index is 14.0. The summed E-state index contributed by atoms with van der Waals surface area (Å²) in [5.41, 5.74) is 2.60. The van der Waals surface area contributed by atoms with Gasteiger partial charge in [0, 0.05) is 23.2 Å². The first-order chi connectivity index (χ1) is 17.1. The van der Waals surface area contributed by atoms with Crippen molar-refractivity contribution < 1.29 is 23.1 Å². The summed E-state index contributed by atoms with van der Waals surface area (Å²) in [5, 5.41) is 9.17. The van der Waals surface area contributed by atoms with Crippen LogP contribution in [0.5, 0.6) is 0 Å². The summed E-state index contributed by atoms with van der Waals surface area (Å²) in [7, 11) is -3.66. The Morgan fingerprint density at radius 1 is 1.03 bits per heavy atom. The number of aryl methyl sites for hydroxylation is 1. The molecule has 0 unspecified atom stereocenters. The van der Waals surface area contributed by atoms with E-state index < -0.39 is 21.4 Å². The monoisotopic (exact) mass is 568 g/mol. The van der Waals surface area contributed by atoms with Gasteiger partial charge in [0.25, 0.3) is 0 Å². The summed E-state index contributed by atoms with van der Waals surface area (Å²) in [4.78, 5) is 27.2. The van der Waals surface area contributed by atoms with Crippen LogP contribution in [0.3, 0.4) is 0 Å². The zero-order chi connectivity index (χ0) is 25.7. The molecule has 3 aromatic rings. The number of benzene rings is 3. The number of carbonyl (C=O) groups is 2. The van der Waals surface area contributed by atoms with Crippen LogP contribution in [-0.4, -0.2) is 42.8 Å². The average molecular weight is 569 g/mol. The van der Waals surface area contributed by atoms with Gasteiger partial charge in [-0.2, -0.15) is 4.31 Å². The number of hydrogen-bond acceptors (Lipinski definition) is 4. The average Bonchev–Trinajstić information content (AvgIpc) is 3.07. The van der Waals surface area contributed by atoms with Gasteiger partial charge in [-0.25, -0.2) is 13.2 Å². The third kappa shape index (κ3) is 4.05. The normalized spacial score (nSPS) is 17.4. The van der Waals surface area contributed by atoms with E-state index in [-0.39, 0.29) is 24.6 Å². The van der Waals surface area contributed by atoms with E-state index in [1.807, 2.05) is 24.3 Å². The molecule has 0 saturated carbocycles. The van der Waals surface area contributed by atoms with Crippen molar-refractivity contribution >= 4 is 43.5 Å². The number of anilines is 1. The second kappa shape index (κ2) is 9.14. The van der Waals surface area contributed by atoms with Crippen LogP contribution < -0.4 is 4.90 Å². The predicted molar refractivity (Wildman–Crippen MR) is 140 cm³/mol. The molecule has 9 heteroatoms. The van der Waals surface area contributed by atoms with E-state index in [4.69, 9.17) is 0 Å². The highest BCUT2D eigenvalue weighted by atomic mass is 79.9. The van der Waals surface area contributed by atoms with Gasteiger partial charge in [-0.15, -0.1) is 0 Å². The van der Waals surface area contributed by atoms with Crippen LogP contribution in [0, 0.1) is 6.92 Å². The zero-order valence-corrected chi connectivity index (χ0v) is 22.0. The molecule has 1 amide bonds. The molecule has 36 heavy (non-hydrogen) atoms. The van der Waals surface area contributed by atoms with Crippen molar-refractivity contribution in [2.75, 3.05) is 18.0 Å². The number of amides is 1. The molecule has 0 atom stereocenters. The van der Waals surface area contributed by atoms with Gasteiger partial charge in [0.15, 0.2) is 0 Å². The van der Waals surface area contributed by atoms with Crippen LogP contribution in [-0.2, 0) is 26.8 Å². The maximum atomic E-state index is 14.0. The summed E-state index contributed by atoms with van der Waals surface area (Å²) < 4.78 is 29.1. The summed E-state index contributed by atoms with van der Waals surface area (Å²) in [6.07, 6.45) is 0.768. The molecule has 7 nitrogen and oxygen atoms in total. The minimum Gasteiger partial charge on any atom is -0.478 e.